The molecule has 2 amide bonds. The van der Waals surface area contributed by atoms with Crippen molar-refractivity contribution in [2.75, 3.05) is 33.2 Å². The number of nitrogens with one attached hydrogen (secondary N) is 2. The normalized spacial score (nSPS) is 20.9. The monoisotopic (exact) mass is 273 g/mol. The zero-order valence-electron chi connectivity index (χ0n) is 11.3. The van der Waals surface area contributed by atoms with Crippen LogP contribution < -0.4 is 10.6 Å². The van der Waals surface area contributed by atoms with E-state index in [9.17, 15) is 9.59 Å². The molecule has 7 heteroatoms. The van der Waals surface area contributed by atoms with Crippen molar-refractivity contribution in [3.63, 3.8) is 0 Å². The molecule has 2 atom stereocenters. The number of likely N-dealkylation sites (tertiary alicyclic amines) is 1. The van der Waals surface area contributed by atoms with E-state index in [-0.39, 0.29) is 19.0 Å². The molecule has 0 spiro atoms. The minimum absolute atomic E-state index is 0.0227. The Labute approximate surface area is 113 Å². The van der Waals surface area contributed by atoms with Crippen LogP contribution in [0.1, 0.15) is 19.3 Å². The quantitative estimate of drug-likeness (QED) is 0.521. The number of carboxylic acids is 1. The summed E-state index contributed by atoms with van der Waals surface area (Å²) < 4.78 is 0. The summed E-state index contributed by atoms with van der Waals surface area (Å²) >= 11 is 0. The highest BCUT2D eigenvalue weighted by Gasteiger charge is 2.23. The van der Waals surface area contributed by atoms with Gasteiger partial charge in [0.05, 0.1) is 0 Å². The molecule has 0 radical (unpaired) electrons. The average Bonchev–Trinajstić information content (AvgIpc) is 2.39. The van der Waals surface area contributed by atoms with Crippen molar-refractivity contribution in [1.82, 2.24) is 15.5 Å². The van der Waals surface area contributed by atoms with Crippen molar-refractivity contribution in [2.24, 2.45) is 5.92 Å². The highest BCUT2D eigenvalue weighted by molar-refractivity contribution is 5.74. The lowest BCUT2D eigenvalue weighted by atomic mass is 9.98. The number of piperidine rings is 1. The maximum atomic E-state index is 11.9. The van der Waals surface area contributed by atoms with Crippen LogP contribution in [-0.2, 0) is 4.79 Å². The number of aliphatic carboxylic acids is 1. The largest absolute Gasteiger partial charge is 0.479 e. The highest BCUT2D eigenvalue weighted by Crippen LogP contribution is 2.15. The molecule has 1 heterocycles. The molecule has 0 aromatic carbocycles. The topological polar surface area (TPSA) is 102 Å². The first-order chi connectivity index (χ1) is 9.04. The van der Waals surface area contributed by atoms with E-state index in [4.69, 9.17) is 10.2 Å². The molecule has 0 saturated carbocycles. The Morgan fingerprint density at radius 2 is 2.21 bits per heavy atom. The second kappa shape index (κ2) is 7.96. The molecule has 0 aromatic heterocycles. The molecule has 1 rings (SSSR count). The van der Waals surface area contributed by atoms with E-state index in [1.165, 1.54) is 0 Å². The second-order valence-electron chi connectivity index (χ2n) is 4.89. The summed E-state index contributed by atoms with van der Waals surface area (Å²) in [5.41, 5.74) is 0. The van der Waals surface area contributed by atoms with Gasteiger partial charge in [-0.05, 0) is 32.4 Å². The lowest BCUT2D eigenvalue weighted by Gasteiger charge is -2.32. The minimum Gasteiger partial charge on any atom is -0.479 e. The zero-order valence-corrected chi connectivity index (χ0v) is 11.3. The van der Waals surface area contributed by atoms with E-state index in [2.05, 4.69) is 10.6 Å². The standard InChI is InChI=1S/C12H23N3O4/c1-13-7-9-3-2-6-15(8-9)12(19)14-5-4-10(16)11(17)18/h9-10,13,16H,2-8H2,1H3,(H,14,19)(H,17,18)/t9?,10-/m0/s1. The van der Waals surface area contributed by atoms with Gasteiger partial charge in [0.25, 0.3) is 0 Å². The molecule has 110 valence electrons. The SMILES string of the molecule is CNCC1CCCN(C(=O)NCC[C@H](O)C(=O)O)C1. The molecule has 0 bridgehead atoms. The van der Waals surface area contributed by atoms with Crippen LogP contribution in [0.15, 0.2) is 0 Å². The number of hydrogen-bond acceptors (Lipinski definition) is 4. The maximum Gasteiger partial charge on any atom is 0.332 e. The van der Waals surface area contributed by atoms with Crippen LogP contribution in [0.3, 0.4) is 0 Å². The summed E-state index contributed by atoms with van der Waals surface area (Å²) in [4.78, 5) is 24.0. The van der Waals surface area contributed by atoms with Crippen molar-refractivity contribution in [3.05, 3.63) is 0 Å². The minimum atomic E-state index is -1.42. The summed E-state index contributed by atoms with van der Waals surface area (Å²) in [6, 6.07) is -0.182. The van der Waals surface area contributed by atoms with Gasteiger partial charge in [-0.2, -0.15) is 0 Å². The average molecular weight is 273 g/mol. The molecular weight excluding hydrogens is 250 g/mol. The van der Waals surface area contributed by atoms with Crippen LogP contribution in [0.4, 0.5) is 4.79 Å². The first kappa shape index (κ1) is 15.7. The van der Waals surface area contributed by atoms with E-state index < -0.39 is 12.1 Å². The van der Waals surface area contributed by atoms with Crippen molar-refractivity contribution < 1.29 is 19.8 Å². The van der Waals surface area contributed by atoms with Gasteiger partial charge < -0.3 is 25.7 Å². The third-order valence-corrected chi connectivity index (χ3v) is 3.28. The molecule has 1 fully saturated rings. The fourth-order valence-corrected chi connectivity index (χ4v) is 2.26. The number of carboxylic acid groups (broad SMARTS) is 1. The molecule has 7 nitrogen and oxygen atoms in total. The van der Waals surface area contributed by atoms with Gasteiger partial charge in [0.1, 0.15) is 0 Å². The van der Waals surface area contributed by atoms with E-state index in [0.29, 0.717) is 12.5 Å². The number of aliphatic hydroxyl groups excluding tert-OH is 1. The molecule has 4 N–H and O–H groups in total. The van der Waals surface area contributed by atoms with Gasteiger partial charge in [-0.3, -0.25) is 0 Å². The van der Waals surface area contributed by atoms with Gasteiger partial charge in [0.15, 0.2) is 6.10 Å². The van der Waals surface area contributed by atoms with Crippen molar-refractivity contribution in [3.8, 4) is 0 Å². The summed E-state index contributed by atoms with van der Waals surface area (Å²) in [7, 11) is 1.90. The Morgan fingerprint density at radius 1 is 1.47 bits per heavy atom. The predicted molar refractivity (Wildman–Crippen MR) is 69.9 cm³/mol. The van der Waals surface area contributed by atoms with E-state index in [1.807, 2.05) is 7.05 Å². The smallest absolute Gasteiger partial charge is 0.332 e. The molecule has 1 saturated heterocycles. The fraction of sp³-hybridized carbons (Fsp3) is 0.833. The van der Waals surface area contributed by atoms with Crippen LogP contribution in [0.25, 0.3) is 0 Å². The molecule has 19 heavy (non-hydrogen) atoms. The Kier molecular flexibility index (Phi) is 6.58. The van der Waals surface area contributed by atoms with Crippen molar-refractivity contribution in [1.29, 1.82) is 0 Å². The molecule has 1 aliphatic heterocycles. The first-order valence-corrected chi connectivity index (χ1v) is 6.62. The number of carbonyl (C=O) groups is 2. The second-order valence-corrected chi connectivity index (χ2v) is 4.89. The first-order valence-electron chi connectivity index (χ1n) is 6.62. The number of carbonyl (C=O) groups excluding carboxylic acids is 1. The summed E-state index contributed by atoms with van der Waals surface area (Å²) in [6.07, 6.45) is 0.702. The van der Waals surface area contributed by atoms with Crippen molar-refractivity contribution in [2.45, 2.75) is 25.4 Å². The maximum absolute atomic E-state index is 11.9. The van der Waals surface area contributed by atoms with Crippen LogP contribution in [-0.4, -0.2) is 66.4 Å². The number of nitrogens with zero attached hydrogens (tertiary/aromatic N) is 1. The fourth-order valence-electron chi connectivity index (χ4n) is 2.26. The summed E-state index contributed by atoms with van der Waals surface area (Å²) in [6.45, 7) is 2.50. The number of rotatable bonds is 6. The molecule has 1 unspecified atom stereocenters. The van der Waals surface area contributed by atoms with E-state index in [1.54, 1.807) is 4.90 Å². The molecular formula is C12H23N3O4. The van der Waals surface area contributed by atoms with Crippen LogP contribution in [0.5, 0.6) is 0 Å². The third kappa shape index (κ3) is 5.44. The zero-order chi connectivity index (χ0) is 14.3. The van der Waals surface area contributed by atoms with Gasteiger partial charge in [-0.1, -0.05) is 0 Å². The molecule has 1 aliphatic rings. The van der Waals surface area contributed by atoms with Gasteiger partial charge >= 0.3 is 12.0 Å². The Balaban J connectivity index is 2.27. The van der Waals surface area contributed by atoms with E-state index >= 15 is 0 Å². The summed E-state index contributed by atoms with van der Waals surface area (Å²) in [5.74, 6) is -0.796. The predicted octanol–water partition coefficient (Wildman–Crippen LogP) is -0.537. The van der Waals surface area contributed by atoms with E-state index in [0.717, 1.165) is 25.9 Å². The lowest BCUT2D eigenvalue weighted by Crippen LogP contribution is -2.47. The third-order valence-electron chi connectivity index (χ3n) is 3.28. The lowest BCUT2D eigenvalue weighted by molar-refractivity contribution is -0.146. The van der Waals surface area contributed by atoms with Crippen molar-refractivity contribution >= 4 is 12.0 Å². The van der Waals surface area contributed by atoms with Crippen LogP contribution in [0.2, 0.25) is 0 Å². The van der Waals surface area contributed by atoms with Crippen LogP contribution >= 0.6 is 0 Å². The highest BCUT2D eigenvalue weighted by atomic mass is 16.4. The number of amides is 2. The number of urea groups is 1. The van der Waals surface area contributed by atoms with Gasteiger partial charge in [0.2, 0.25) is 0 Å². The van der Waals surface area contributed by atoms with Gasteiger partial charge in [0, 0.05) is 26.1 Å². The number of hydrogen-bond donors (Lipinski definition) is 4. The molecule has 0 aliphatic carbocycles. The molecule has 0 aromatic rings. The summed E-state index contributed by atoms with van der Waals surface area (Å²) in [5, 5.41) is 23.4. The number of aliphatic hydroxyl groups is 1. The Bertz CT molecular complexity index is 309. The van der Waals surface area contributed by atoms with Crippen LogP contribution in [0, 0.1) is 5.92 Å². The Morgan fingerprint density at radius 3 is 2.84 bits per heavy atom. The van der Waals surface area contributed by atoms with Gasteiger partial charge in [-0.25, -0.2) is 9.59 Å². The van der Waals surface area contributed by atoms with Gasteiger partial charge in [-0.15, -0.1) is 0 Å². The Hall–Kier alpha value is -1.34.